The van der Waals surface area contributed by atoms with Gasteiger partial charge in [-0.3, -0.25) is 14.9 Å². The number of nitrogens with one attached hydrogen (secondary N) is 1. The van der Waals surface area contributed by atoms with Gasteiger partial charge in [-0.2, -0.15) is 0 Å². The lowest BCUT2D eigenvalue weighted by Crippen LogP contribution is -2.25. The van der Waals surface area contributed by atoms with Crippen LogP contribution in [0.3, 0.4) is 0 Å². The maximum atomic E-state index is 12.1. The molecule has 0 spiro atoms. The van der Waals surface area contributed by atoms with Gasteiger partial charge in [0.25, 0.3) is 5.24 Å². The molecule has 1 aliphatic carbocycles. The first-order chi connectivity index (χ1) is 13.2. The first-order valence-corrected chi connectivity index (χ1v) is 9.50. The van der Waals surface area contributed by atoms with E-state index in [1.165, 1.54) is 0 Å². The van der Waals surface area contributed by atoms with E-state index in [0.717, 1.165) is 50.5 Å². The normalized spacial score (nSPS) is 17.1. The van der Waals surface area contributed by atoms with Gasteiger partial charge in [0, 0.05) is 22.8 Å². The number of carbonyl (C=O) groups excluding carboxylic acids is 2. The van der Waals surface area contributed by atoms with E-state index in [1.807, 2.05) is 30.3 Å². The summed E-state index contributed by atoms with van der Waals surface area (Å²) in [5.74, 6) is 0.660. The lowest BCUT2D eigenvalue weighted by atomic mass is 10.00. The van der Waals surface area contributed by atoms with E-state index >= 15 is 0 Å². The summed E-state index contributed by atoms with van der Waals surface area (Å²) in [7, 11) is 0. The number of hydrogen-bond donors (Lipinski definition) is 1. The number of fused-ring (bicyclic) bond motifs is 2. The quantitative estimate of drug-likeness (QED) is 0.562. The molecule has 1 aromatic carbocycles. The molecule has 0 saturated carbocycles. The van der Waals surface area contributed by atoms with Crippen LogP contribution in [-0.4, -0.2) is 16.4 Å². The smallest absolute Gasteiger partial charge is 0.286 e. The zero-order valence-electron chi connectivity index (χ0n) is 14.2. The number of carbonyl (C=O) groups is 2. The van der Waals surface area contributed by atoms with Crippen LogP contribution in [0.2, 0.25) is 0 Å². The van der Waals surface area contributed by atoms with E-state index < -0.39 is 5.25 Å². The minimum Gasteiger partial charge on any atom is -0.472 e. The molecular formula is C21H15NO4S. The molecule has 6 heteroatoms. The number of benzene rings is 1. The van der Waals surface area contributed by atoms with E-state index in [1.54, 1.807) is 18.8 Å². The Hall–Kier alpha value is -2.99. The summed E-state index contributed by atoms with van der Waals surface area (Å²) in [4.78, 5) is 23.6. The molecule has 0 radical (unpaired) electrons. The third-order valence-electron chi connectivity index (χ3n) is 4.96. The fourth-order valence-electron chi connectivity index (χ4n) is 3.69. The van der Waals surface area contributed by atoms with Gasteiger partial charge in [0.15, 0.2) is 0 Å². The van der Waals surface area contributed by atoms with Crippen molar-refractivity contribution in [3.63, 3.8) is 0 Å². The molecule has 1 atom stereocenters. The highest BCUT2D eigenvalue weighted by Crippen LogP contribution is 2.37. The van der Waals surface area contributed by atoms with Crippen LogP contribution in [0.5, 0.6) is 0 Å². The van der Waals surface area contributed by atoms with Crippen LogP contribution in [-0.2, 0) is 17.6 Å². The predicted molar refractivity (Wildman–Crippen MR) is 103 cm³/mol. The number of rotatable bonds is 4. The molecule has 1 unspecified atom stereocenters. The van der Waals surface area contributed by atoms with Gasteiger partial charge in [0.2, 0.25) is 5.91 Å². The lowest BCUT2D eigenvalue weighted by Gasteiger charge is -2.09. The van der Waals surface area contributed by atoms with Crippen molar-refractivity contribution in [2.24, 2.45) is 0 Å². The van der Waals surface area contributed by atoms with Crippen LogP contribution < -0.4 is 5.32 Å². The topological polar surface area (TPSA) is 72.5 Å². The second kappa shape index (κ2) is 6.32. The molecule has 3 aliphatic rings. The van der Waals surface area contributed by atoms with Crippen molar-refractivity contribution < 1.29 is 18.4 Å². The summed E-state index contributed by atoms with van der Waals surface area (Å²) in [5.41, 5.74) is 4.16. The molecule has 134 valence electrons. The SMILES string of the molecule is O=C1NC(=O)C(Cc2c(Cc3occ4ccccc34)cc3coccc2-3)S1. The largest absolute Gasteiger partial charge is 0.472 e. The third kappa shape index (κ3) is 2.82. The van der Waals surface area contributed by atoms with Crippen LogP contribution >= 0.6 is 11.8 Å². The van der Waals surface area contributed by atoms with Crippen LogP contribution in [0, 0.1) is 0 Å². The molecule has 1 aromatic heterocycles. The van der Waals surface area contributed by atoms with Crippen LogP contribution in [0.15, 0.2) is 64.0 Å². The Kier molecular flexibility index (Phi) is 3.79. The first-order valence-electron chi connectivity index (χ1n) is 8.62. The maximum Gasteiger partial charge on any atom is 0.286 e. The van der Waals surface area contributed by atoms with Crippen LogP contribution in [0.4, 0.5) is 4.79 Å². The first kappa shape index (κ1) is 16.2. The molecule has 1 N–H and O–H groups in total. The monoisotopic (exact) mass is 377 g/mol. The summed E-state index contributed by atoms with van der Waals surface area (Å²) in [5, 5.41) is 3.82. The lowest BCUT2D eigenvalue weighted by molar-refractivity contribution is -0.118. The molecule has 5 rings (SSSR count). The highest BCUT2D eigenvalue weighted by molar-refractivity contribution is 8.15. The molecule has 27 heavy (non-hydrogen) atoms. The zero-order valence-corrected chi connectivity index (χ0v) is 15.0. The number of thioether (sulfide) groups is 1. The third-order valence-corrected chi connectivity index (χ3v) is 5.94. The van der Waals surface area contributed by atoms with Crippen molar-refractivity contribution >= 4 is 33.7 Å². The van der Waals surface area contributed by atoms with Gasteiger partial charge in [-0.05, 0) is 35.2 Å². The Balaban J connectivity index is 1.56. The minimum atomic E-state index is -0.410. The molecule has 0 bridgehead atoms. The van der Waals surface area contributed by atoms with E-state index in [-0.39, 0.29) is 11.1 Å². The van der Waals surface area contributed by atoms with E-state index in [4.69, 9.17) is 8.83 Å². The van der Waals surface area contributed by atoms with Gasteiger partial charge in [0.05, 0.1) is 24.0 Å². The molecule has 1 saturated heterocycles. The van der Waals surface area contributed by atoms with Crippen LogP contribution in [0.25, 0.3) is 21.9 Å². The van der Waals surface area contributed by atoms with E-state index in [2.05, 4.69) is 11.4 Å². The van der Waals surface area contributed by atoms with Gasteiger partial charge in [-0.25, -0.2) is 0 Å². The summed E-state index contributed by atoms with van der Waals surface area (Å²) in [6, 6.07) is 12.0. The highest BCUT2D eigenvalue weighted by Gasteiger charge is 2.33. The Labute approximate surface area is 159 Å². The van der Waals surface area contributed by atoms with Crippen molar-refractivity contribution in [1.29, 1.82) is 0 Å². The average Bonchev–Trinajstić information content (AvgIpc) is 3.33. The minimum absolute atomic E-state index is 0.227. The van der Waals surface area contributed by atoms with Crippen molar-refractivity contribution in [3.8, 4) is 11.1 Å². The molecular weight excluding hydrogens is 362 g/mol. The van der Waals surface area contributed by atoms with Gasteiger partial charge in [-0.15, -0.1) is 0 Å². The Morgan fingerprint density at radius 3 is 2.85 bits per heavy atom. The van der Waals surface area contributed by atoms with Gasteiger partial charge in [-0.1, -0.05) is 36.0 Å². The fraction of sp³-hybridized carbons (Fsp3) is 0.143. The zero-order chi connectivity index (χ0) is 18.4. The number of hydrogen-bond acceptors (Lipinski definition) is 5. The van der Waals surface area contributed by atoms with Crippen molar-refractivity contribution in [1.82, 2.24) is 5.32 Å². The summed E-state index contributed by atoms with van der Waals surface area (Å²) in [6.45, 7) is 0. The maximum absolute atomic E-state index is 12.1. The predicted octanol–water partition coefficient (Wildman–Crippen LogP) is 4.62. The second-order valence-electron chi connectivity index (χ2n) is 6.58. The standard InChI is InChI=1S/C21H15NO4S/c23-20-19(27-21(24)22-20)9-17-13(7-14-10-25-6-5-15(14)17)8-18-16-4-2-1-3-12(16)11-26-18/h1-7,10-11,19H,8-9H2,(H,22,23,24). The number of amides is 2. The molecule has 5 nitrogen and oxygen atoms in total. The van der Waals surface area contributed by atoms with Crippen LogP contribution in [0.1, 0.15) is 16.9 Å². The summed E-state index contributed by atoms with van der Waals surface area (Å²) < 4.78 is 11.1. The average molecular weight is 377 g/mol. The van der Waals surface area contributed by atoms with Crippen molar-refractivity contribution in [2.75, 3.05) is 0 Å². The fourth-order valence-corrected chi connectivity index (χ4v) is 4.52. The van der Waals surface area contributed by atoms with E-state index in [9.17, 15) is 9.59 Å². The van der Waals surface area contributed by atoms with Gasteiger partial charge < -0.3 is 8.83 Å². The summed E-state index contributed by atoms with van der Waals surface area (Å²) >= 11 is 1.05. The van der Waals surface area contributed by atoms with Gasteiger partial charge in [0.1, 0.15) is 5.76 Å². The molecule has 3 heterocycles. The molecule has 2 amide bonds. The number of furan rings is 1. The van der Waals surface area contributed by atoms with Gasteiger partial charge >= 0.3 is 0 Å². The Bertz CT molecular complexity index is 1140. The second-order valence-corrected chi connectivity index (χ2v) is 7.76. The molecule has 2 aliphatic heterocycles. The van der Waals surface area contributed by atoms with E-state index in [0.29, 0.717) is 12.8 Å². The molecule has 2 aromatic rings. The Morgan fingerprint density at radius 1 is 1.11 bits per heavy atom. The Morgan fingerprint density at radius 2 is 2.00 bits per heavy atom. The number of imide groups is 1. The van der Waals surface area contributed by atoms with Crippen molar-refractivity contribution in [2.45, 2.75) is 18.1 Å². The molecule has 1 fully saturated rings. The summed E-state index contributed by atoms with van der Waals surface area (Å²) in [6.07, 6.45) is 6.20. The highest BCUT2D eigenvalue weighted by atomic mass is 32.2. The van der Waals surface area contributed by atoms with Crippen molar-refractivity contribution in [3.05, 3.63) is 72.1 Å².